The quantitative estimate of drug-likeness (QED) is 0.631. The molecular formula is C9H14N4. The molecule has 70 valence electrons. The van der Waals surface area contributed by atoms with Crippen molar-refractivity contribution in [3.05, 3.63) is 24.2 Å². The monoisotopic (exact) mass is 178 g/mol. The molecule has 1 heterocycles. The van der Waals surface area contributed by atoms with Gasteiger partial charge in [0.05, 0.1) is 0 Å². The summed E-state index contributed by atoms with van der Waals surface area (Å²) in [5, 5.41) is 16.3. The Labute approximate surface area is 78.1 Å². The van der Waals surface area contributed by atoms with Crippen molar-refractivity contribution in [2.75, 3.05) is 0 Å². The van der Waals surface area contributed by atoms with E-state index < -0.39 is 0 Å². The van der Waals surface area contributed by atoms with E-state index in [0.717, 1.165) is 12.0 Å². The molecule has 0 spiro atoms. The number of hydrazone groups is 1. The molecule has 0 atom stereocenters. The van der Waals surface area contributed by atoms with Crippen LogP contribution in [-0.4, -0.2) is 17.1 Å². The highest BCUT2D eigenvalue weighted by atomic mass is 15.5. The standard InChI is InChI=1S/C9H14N4/c1-4-8-6-11-7(3)13(9(8)10)12-5-2/h5-6,10-11H,3-4H2,1-2H3/b10-9?,12-5-. The van der Waals surface area contributed by atoms with Gasteiger partial charge in [0.1, 0.15) is 5.82 Å². The van der Waals surface area contributed by atoms with Gasteiger partial charge in [0, 0.05) is 18.0 Å². The molecule has 0 bridgehead atoms. The van der Waals surface area contributed by atoms with Crippen LogP contribution in [0, 0.1) is 5.41 Å². The molecule has 1 aliphatic heterocycles. The van der Waals surface area contributed by atoms with Gasteiger partial charge in [-0.3, -0.25) is 5.41 Å². The van der Waals surface area contributed by atoms with E-state index in [2.05, 4.69) is 17.0 Å². The Balaban J connectivity index is 2.92. The maximum atomic E-state index is 7.78. The van der Waals surface area contributed by atoms with Gasteiger partial charge < -0.3 is 5.32 Å². The second-order valence-electron chi connectivity index (χ2n) is 2.65. The molecule has 13 heavy (non-hydrogen) atoms. The predicted molar refractivity (Wildman–Crippen MR) is 54.4 cm³/mol. The van der Waals surface area contributed by atoms with Crippen LogP contribution >= 0.6 is 0 Å². The van der Waals surface area contributed by atoms with Crippen LogP contribution in [0.15, 0.2) is 29.3 Å². The van der Waals surface area contributed by atoms with E-state index in [9.17, 15) is 0 Å². The van der Waals surface area contributed by atoms with E-state index in [1.165, 1.54) is 5.01 Å². The Bertz CT molecular complexity index is 288. The second-order valence-corrected chi connectivity index (χ2v) is 2.65. The first-order chi connectivity index (χ1) is 6.20. The first kappa shape index (κ1) is 9.51. The van der Waals surface area contributed by atoms with Gasteiger partial charge in [-0.1, -0.05) is 13.5 Å². The van der Waals surface area contributed by atoms with Crippen LogP contribution in [0.3, 0.4) is 0 Å². The number of nitrogens with one attached hydrogen (secondary N) is 2. The summed E-state index contributed by atoms with van der Waals surface area (Å²) in [6, 6.07) is 0. The Morgan fingerprint density at radius 3 is 3.00 bits per heavy atom. The topological polar surface area (TPSA) is 51.5 Å². The van der Waals surface area contributed by atoms with Crippen molar-refractivity contribution in [2.24, 2.45) is 5.10 Å². The molecule has 1 aliphatic rings. The number of nitrogens with zero attached hydrogens (tertiary/aromatic N) is 2. The summed E-state index contributed by atoms with van der Waals surface area (Å²) in [5.41, 5.74) is 0.929. The zero-order valence-electron chi connectivity index (χ0n) is 7.96. The smallest absolute Gasteiger partial charge is 0.152 e. The van der Waals surface area contributed by atoms with E-state index in [1.807, 2.05) is 13.8 Å². The van der Waals surface area contributed by atoms with Crippen LogP contribution < -0.4 is 5.32 Å². The molecule has 0 saturated carbocycles. The van der Waals surface area contributed by atoms with Crippen LogP contribution in [0.4, 0.5) is 0 Å². The lowest BCUT2D eigenvalue weighted by Gasteiger charge is -2.27. The zero-order chi connectivity index (χ0) is 9.84. The van der Waals surface area contributed by atoms with Crippen molar-refractivity contribution in [3.8, 4) is 0 Å². The first-order valence-electron chi connectivity index (χ1n) is 4.22. The zero-order valence-corrected chi connectivity index (χ0v) is 7.96. The van der Waals surface area contributed by atoms with Gasteiger partial charge in [0.2, 0.25) is 0 Å². The van der Waals surface area contributed by atoms with Gasteiger partial charge in [0.15, 0.2) is 5.84 Å². The van der Waals surface area contributed by atoms with E-state index >= 15 is 0 Å². The maximum absolute atomic E-state index is 7.78. The number of hydrogen-bond acceptors (Lipinski definition) is 3. The van der Waals surface area contributed by atoms with Crippen molar-refractivity contribution < 1.29 is 0 Å². The Morgan fingerprint density at radius 1 is 1.77 bits per heavy atom. The average molecular weight is 178 g/mol. The number of rotatable bonds is 2. The van der Waals surface area contributed by atoms with E-state index in [1.54, 1.807) is 12.4 Å². The molecule has 0 amide bonds. The molecule has 1 rings (SSSR count). The normalized spacial score (nSPS) is 17.7. The van der Waals surface area contributed by atoms with Crippen LogP contribution in [0.1, 0.15) is 20.3 Å². The molecule has 0 aromatic rings. The number of amidine groups is 1. The summed E-state index contributed by atoms with van der Waals surface area (Å²) in [6.07, 6.45) is 4.25. The fraction of sp³-hybridized carbons (Fsp3) is 0.333. The summed E-state index contributed by atoms with van der Waals surface area (Å²) in [7, 11) is 0. The van der Waals surface area contributed by atoms with Gasteiger partial charge in [-0.2, -0.15) is 5.10 Å². The molecule has 0 aromatic carbocycles. The SMILES string of the molecule is C=C1NC=C(CC)C(=N)N1/N=C\C. The lowest BCUT2D eigenvalue weighted by molar-refractivity contribution is 0.505. The highest BCUT2D eigenvalue weighted by molar-refractivity contribution is 5.97. The van der Waals surface area contributed by atoms with Crippen molar-refractivity contribution >= 4 is 12.1 Å². The second kappa shape index (κ2) is 3.89. The summed E-state index contributed by atoms with van der Waals surface area (Å²) in [6.45, 7) is 7.56. The van der Waals surface area contributed by atoms with Gasteiger partial charge in [-0.05, 0) is 13.3 Å². The third-order valence-corrected chi connectivity index (χ3v) is 1.80. The van der Waals surface area contributed by atoms with Crippen molar-refractivity contribution in [3.63, 3.8) is 0 Å². The molecule has 0 saturated heterocycles. The lowest BCUT2D eigenvalue weighted by atomic mass is 10.2. The summed E-state index contributed by atoms with van der Waals surface area (Å²) >= 11 is 0. The largest absolute Gasteiger partial charge is 0.347 e. The van der Waals surface area contributed by atoms with E-state index in [0.29, 0.717) is 11.7 Å². The van der Waals surface area contributed by atoms with E-state index in [4.69, 9.17) is 5.41 Å². The molecular weight excluding hydrogens is 164 g/mol. The maximum Gasteiger partial charge on any atom is 0.152 e. The lowest BCUT2D eigenvalue weighted by Crippen LogP contribution is -2.35. The fourth-order valence-electron chi connectivity index (χ4n) is 1.08. The molecule has 4 nitrogen and oxygen atoms in total. The Kier molecular flexibility index (Phi) is 2.84. The van der Waals surface area contributed by atoms with Gasteiger partial charge >= 0.3 is 0 Å². The third kappa shape index (κ3) is 1.77. The van der Waals surface area contributed by atoms with Crippen molar-refractivity contribution in [2.45, 2.75) is 20.3 Å². The van der Waals surface area contributed by atoms with Crippen LogP contribution in [0.5, 0.6) is 0 Å². The summed E-state index contributed by atoms with van der Waals surface area (Å²) in [4.78, 5) is 0. The van der Waals surface area contributed by atoms with Crippen LogP contribution in [0.2, 0.25) is 0 Å². The van der Waals surface area contributed by atoms with Gasteiger partial charge in [-0.15, -0.1) is 0 Å². The highest BCUT2D eigenvalue weighted by Gasteiger charge is 2.18. The summed E-state index contributed by atoms with van der Waals surface area (Å²) in [5.74, 6) is 1.00. The highest BCUT2D eigenvalue weighted by Crippen LogP contribution is 2.14. The molecule has 4 heteroatoms. The van der Waals surface area contributed by atoms with Crippen molar-refractivity contribution in [1.82, 2.24) is 10.3 Å². The molecule has 0 aromatic heterocycles. The first-order valence-corrected chi connectivity index (χ1v) is 4.22. The third-order valence-electron chi connectivity index (χ3n) is 1.80. The fourth-order valence-corrected chi connectivity index (χ4v) is 1.08. The molecule has 2 N–H and O–H groups in total. The Morgan fingerprint density at radius 2 is 2.46 bits per heavy atom. The average Bonchev–Trinajstić information content (AvgIpc) is 2.12. The number of hydrogen-bond donors (Lipinski definition) is 2. The van der Waals surface area contributed by atoms with Crippen molar-refractivity contribution in [1.29, 1.82) is 5.41 Å². The van der Waals surface area contributed by atoms with E-state index in [-0.39, 0.29) is 0 Å². The van der Waals surface area contributed by atoms with Crippen LogP contribution in [-0.2, 0) is 0 Å². The minimum absolute atomic E-state index is 0.393. The minimum atomic E-state index is 0.393. The van der Waals surface area contributed by atoms with Gasteiger partial charge in [0.25, 0.3) is 0 Å². The molecule has 0 radical (unpaired) electrons. The molecule has 0 fully saturated rings. The predicted octanol–water partition coefficient (Wildman–Crippen LogP) is 1.64. The minimum Gasteiger partial charge on any atom is -0.347 e. The molecule has 0 aliphatic carbocycles. The van der Waals surface area contributed by atoms with Gasteiger partial charge in [-0.25, -0.2) is 5.01 Å². The molecule has 0 unspecified atom stereocenters. The Hall–Kier alpha value is -1.58. The van der Waals surface area contributed by atoms with Crippen LogP contribution in [0.25, 0.3) is 0 Å². The summed E-state index contributed by atoms with van der Waals surface area (Å²) < 4.78 is 0.